The second-order valence-corrected chi connectivity index (χ2v) is 8.63. The Hall–Kier alpha value is -2.31. The lowest BCUT2D eigenvalue weighted by Gasteiger charge is -2.34. The van der Waals surface area contributed by atoms with E-state index in [1.165, 1.54) is 0 Å². The van der Waals surface area contributed by atoms with E-state index in [-0.39, 0.29) is 12.5 Å². The molecule has 0 radical (unpaired) electrons. The molecule has 0 saturated carbocycles. The Bertz CT molecular complexity index is 1030. The number of fused-ring (bicyclic) bond motifs is 2. The van der Waals surface area contributed by atoms with Crippen LogP contribution in [0.15, 0.2) is 42.5 Å². The fourth-order valence-corrected chi connectivity index (χ4v) is 5.07. The van der Waals surface area contributed by atoms with Crippen LogP contribution >= 0.6 is 22.9 Å². The molecule has 0 N–H and O–H groups in total. The first-order valence-electron chi connectivity index (χ1n) is 9.40. The number of halogens is 1. The van der Waals surface area contributed by atoms with E-state index in [1.54, 1.807) is 11.3 Å². The number of rotatable bonds is 2. The van der Waals surface area contributed by atoms with Crippen molar-refractivity contribution in [3.05, 3.63) is 52.5 Å². The van der Waals surface area contributed by atoms with Crippen LogP contribution in [0.25, 0.3) is 10.2 Å². The Labute approximate surface area is 171 Å². The molecule has 28 heavy (non-hydrogen) atoms. The van der Waals surface area contributed by atoms with Gasteiger partial charge >= 0.3 is 0 Å². The largest absolute Gasteiger partial charge is 0.485 e. The first-order chi connectivity index (χ1) is 13.7. The molecule has 0 aliphatic carbocycles. The van der Waals surface area contributed by atoms with Crippen molar-refractivity contribution in [2.45, 2.75) is 24.9 Å². The van der Waals surface area contributed by atoms with Gasteiger partial charge in [-0.3, -0.25) is 4.79 Å². The Morgan fingerprint density at radius 1 is 1.14 bits per heavy atom. The Balaban J connectivity index is 1.23. The van der Waals surface area contributed by atoms with Gasteiger partial charge in [-0.05, 0) is 43.2 Å². The summed E-state index contributed by atoms with van der Waals surface area (Å²) in [6, 6.07) is 13.3. The van der Waals surface area contributed by atoms with Gasteiger partial charge in [0.05, 0.1) is 15.2 Å². The van der Waals surface area contributed by atoms with Crippen molar-refractivity contribution in [1.29, 1.82) is 0 Å². The summed E-state index contributed by atoms with van der Waals surface area (Å²) in [5, 5.41) is 1.84. The van der Waals surface area contributed by atoms with Gasteiger partial charge < -0.3 is 14.4 Å². The van der Waals surface area contributed by atoms with Crippen molar-refractivity contribution >= 4 is 39.1 Å². The fourth-order valence-electron chi connectivity index (χ4n) is 3.78. The maximum atomic E-state index is 12.9. The van der Waals surface area contributed by atoms with Crippen LogP contribution in [0.5, 0.6) is 11.5 Å². The lowest BCUT2D eigenvalue weighted by atomic mass is 9.97. The quantitative estimate of drug-likeness (QED) is 0.619. The number of benzene rings is 2. The van der Waals surface area contributed by atoms with Crippen molar-refractivity contribution in [1.82, 2.24) is 9.88 Å². The summed E-state index contributed by atoms with van der Waals surface area (Å²) in [5.41, 5.74) is 0.956. The van der Waals surface area contributed by atoms with Crippen molar-refractivity contribution in [3.8, 4) is 11.5 Å². The SMILES string of the molecule is O=C([C@@H]1COc2ccccc2O1)N1CCC(c2nc3cc(Cl)ccc3s2)CC1. The van der Waals surface area contributed by atoms with Gasteiger partial charge in [0.15, 0.2) is 11.5 Å². The molecule has 1 atom stereocenters. The third-order valence-corrected chi connectivity index (χ3v) is 6.74. The molecule has 2 aliphatic heterocycles. The van der Waals surface area contributed by atoms with Crippen LogP contribution in [-0.4, -0.2) is 41.6 Å². The van der Waals surface area contributed by atoms with Gasteiger partial charge in [0.2, 0.25) is 6.10 Å². The number of para-hydroxylation sites is 2. The van der Waals surface area contributed by atoms with Crippen LogP contribution in [-0.2, 0) is 4.79 Å². The van der Waals surface area contributed by atoms with Crippen molar-refractivity contribution in [2.24, 2.45) is 0 Å². The predicted molar refractivity (Wildman–Crippen MR) is 110 cm³/mol. The van der Waals surface area contributed by atoms with Gasteiger partial charge in [-0.15, -0.1) is 11.3 Å². The smallest absolute Gasteiger partial charge is 0.267 e. The monoisotopic (exact) mass is 414 g/mol. The minimum absolute atomic E-state index is 0.00374. The van der Waals surface area contributed by atoms with Crippen LogP contribution in [0.4, 0.5) is 0 Å². The molecule has 0 unspecified atom stereocenters. The number of hydrogen-bond donors (Lipinski definition) is 0. The number of amides is 1. The standard InChI is InChI=1S/C21H19ClN2O3S/c22-14-5-6-19-15(11-14)23-20(28-19)13-7-9-24(10-8-13)21(25)18-12-26-16-3-1-2-4-17(16)27-18/h1-6,11,13,18H,7-10,12H2/t18-/m0/s1. The lowest BCUT2D eigenvalue weighted by molar-refractivity contribution is -0.142. The van der Waals surface area contributed by atoms with Gasteiger partial charge in [0, 0.05) is 24.0 Å². The Kier molecular flexibility index (Phi) is 4.61. The summed E-state index contributed by atoms with van der Waals surface area (Å²) in [4.78, 5) is 19.5. The van der Waals surface area contributed by atoms with Crippen molar-refractivity contribution in [2.75, 3.05) is 19.7 Å². The lowest BCUT2D eigenvalue weighted by Crippen LogP contribution is -2.48. The average molecular weight is 415 g/mol. The highest BCUT2D eigenvalue weighted by atomic mass is 35.5. The molecule has 144 valence electrons. The van der Waals surface area contributed by atoms with Gasteiger partial charge in [-0.2, -0.15) is 0 Å². The number of piperidine rings is 1. The van der Waals surface area contributed by atoms with E-state index >= 15 is 0 Å². The maximum absolute atomic E-state index is 12.9. The molecule has 1 saturated heterocycles. The van der Waals surface area contributed by atoms with E-state index in [9.17, 15) is 4.79 Å². The summed E-state index contributed by atoms with van der Waals surface area (Å²) in [6.07, 6.45) is 1.24. The molecule has 0 bridgehead atoms. The second-order valence-electron chi connectivity index (χ2n) is 7.13. The minimum Gasteiger partial charge on any atom is -0.485 e. The van der Waals surface area contributed by atoms with Gasteiger partial charge in [0.25, 0.3) is 5.91 Å². The molecule has 3 heterocycles. The first-order valence-corrected chi connectivity index (χ1v) is 10.6. The molecule has 5 rings (SSSR count). The molecular formula is C21H19ClN2O3S. The fraction of sp³-hybridized carbons (Fsp3) is 0.333. The van der Waals surface area contributed by atoms with Crippen LogP contribution in [0.1, 0.15) is 23.8 Å². The molecular weight excluding hydrogens is 396 g/mol. The van der Waals surface area contributed by atoms with Gasteiger partial charge in [0.1, 0.15) is 6.61 Å². The van der Waals surface area contributed by atoms with E-state index in [0.29, 0.717) is 35.5 Å². The molecule has 1 fully saturated rings. The number of likely N-dealkylation sites (tertiary alicyclic amines) is 1. The summed E-state index contributed by atoms with van der Waals surface area (Å²) in [5.74, 6) is 1.71. The molecule has 2 aliphatic rings. The first kappa shape index (κ1) is 17.8. The van der Waals surface area contributed by atoms with E-state index in [4.69, 9.17) is 26.1 Å². The number of ether oxygens (including phenoxy) is 2. The third kappa shape index (κ3) is 3.31. The molecule has 3 aromatic rings. The zero-order valence-electron chi connectivity index (χ0n) is 15.1. The van der Waals surface area contributed by atoms with Crippen LogP contribution in [0, 0.1) is 0 Å². The third-order valence-electron chi connectivity index (χ3n) is 5.31. The molecule has 1 amide bonds. The van der Waals surface area contributed by atoms with E-state index in [0.717, 1.165) is 28.1 Å². The topological polar surface area (TPSA) is 51.7 Å². The molecule has 7 heteroatoms. The van der Waals surface area contributed by atoms with Crippen LogP contribution in [0.2, 0.25) is 5.02 Å². The van der Waals surface area contributed by atoms with E-state index in [1.807, 2.05) is 47.4 Å². The number of carbonyl (C=O) groups excluding carboxylic acids is 1. The van der Waals surface area contributed by atoms with Crippen molar-refractivity contribution < 1.29 is 14.3 Å². The van der Waals surface area contributed by atoms with Gasteiger partial charge in [-0.25, -0.2) is 4.98 Å². The molecule has 5 nitrogen and oxygen atoms in total. The van der Waals surface area contributed by atoms with E-state index in [2.05, 4.69) is 0 Å². The maximum Gasteiger partial charge on any atom is 0.267 e. The number of carbonyl (C=O) groups is 1. The molecule has 2 aromatic carbocycles. The van der Waals surface area contributed by atoms with Gasteiger partial charge in [-0.1, -0.05) is 23.7 Å². The van der Waals surface area contributed by atoms with Crippen LogP contribution in [0.3, 0.4) is 0 Å². The average Bonchev–Trinajstić information content (AvgIpc) is 3.16. The zero-order valence-corrected chi connectivity index (χ0v) is 16.7. The summed E-state index contributed by atoms with van der Waals surface area (Å²) >= 11 is 7.80. The normalized spacial score (nSPS) is 19.8. The summed E-state index contributed by atoms with van der Waals surface area (Å²) < 4.78 is 12.7. The predicted octanol–water partition coefficient (Wildman–Crippen LogP) is 4.50. The highest BCUT2D eigenvalue weighted by Gasteiger charge is 2.33. The minimum atomic E-state index is -0.573. The van der Waals surface area contributed by atoms with E-state index < -0.39 is 6.10 Å². The number of hydrogen-bond acceptors (Lipinski definition) is 5. The van der Waals surface area contributed by atoms with Crippen LogP contribution < -0.4 is 9.47 Å². The second kappa shape index (κ2) is 7.26. The number of thiazole rings is 1. The number of nitrogens with zero attached hydrogens (tertiary/aromatic N) is 2. The highest BCUT2D eigenvalue weighted by Crippen LogP contribution is 2.36. The Morgan fingerprint density at radius 3 is 2.75 bits per heavy atom. The molecule has 1 aromatic heterocycles. The van der Waals surface area contributed by atoms with Crippen molar-refractivity contribution in [3.63, 3.8) is 0 Å². The number of aromatic nitrogens is 1. The summed E-state index contributed by atoms with van der Waals surface area (Å²) in [7, 11) is 0. The zero-order chi connectivity index (χ0) is 19.1. The summed E-state index contributed by atoms with van der Waals surface area (Å²) in [6.45, 7) is 1.68. The highest BCUT2D eigenvalue weighted by molar-refractivity contribution is 7.18. The molecule has 0 spiro atoms. The Morgan fingerprint density at radius 2 is 1.93 bits per heavy atom.